The quantitative estimate of drug-likeness (QED) is 0.630. The van der Waals surface area contributed by atoms with Crippen LogP contribution in [0.2, 0.25) is 0 Å². The number of nitro groups is 1. The van der Waals surface area contributed by atoms with Crippen molar-refractivity contribution >= 4 is 5.69 Å². The van der Waals surface area contributed by atoms with E-state index in [0.29, 0.717) is 37.8 Å². The van der Waals surface area contributed by atoms with Crippen molar-refractivity contribution in [2.24, 2.45) is 0 Å². The van der Waals surface area contributed by atoms with E-state index in [1.807, 2.05) is 0 Å². The van der Waals surface area contributed by atoms with E-state index < -0.39 is 4.92 Å². The smallest absolute Gasteiger partial charge is 0.314 e. The molecule has 2 aliphatic heterocycles. The zero-order chi connectivity index (χ0) is 12.5. The minimum Gasteiger partial charge on any atom is -0.486 e. The lowest BCUT2D eigenvalue weighted by Gasteiger charge is -2.28. The van der Waals surface area contributed by atoms with Gasteiger partial charge in [-0.1, -0.05) is 0 Å². The number of fused-ring (bicyclic) bond motifs is 1. The van der Waals surface area contributed by atoms with Crippen LogP contribution >= 0.6 is 0 Å². The highest BCUT2D eigenvalue weighted by Gasteiger charge is 2.27. The lowest BCUT2D eigenvalue weighted by atomic mass is 10.2. The van der Waals surface area contributed by atoms with Gasteiger partial charge in [0.05, 0.1) is 11.0 Å². The normalized spacial score (nSPS) is 18.0. The van der Waals surface area contributed by atoms with Gasteiger partial charge in [0.2, 0.25) is 5.75 Å². The van der Waals surface area contributed by atoms with Gasteiger partial charge in [0.15, 0.2) is 11.5 Å². The van der Waals surface area contributed by atoms with Crippen molar-refractivity contribution in [3.8, 4) is 17.2 Å². The molecule has 0 atom stereocenters. The first-order valence-electron chi connectivity index (χ1n) is 5.69. The van der Waals surface area contributed by atoms with Crippen LogP contribution in [0.4, 0.5) is 5.69 Å². The summed E-state index contributed by atoms with van der Waals surface area (Å²) in [5, 5.41) is 14.1. The number of ether oxygens (including phenoxy) is 3. The SMILES string of the molecule is O=[N+]([O-])c1cc2c(cc1OC1CNC1)OCCO2. The zero-order valence-corrected chi connectivity index (χ0v) is 9.55. The molecule has 0 radical (unpaired) electrons. The predicted octanol–water partition coefficient (Wildman–Crippen LogP) is 0.717. The standard InChI is InChI=1S/C11H12N2O5/c14-13(15)8-3-10-11(17-2-1-16-10)4-9(8)18-7-5-12-6-7/h3-4,7,12H,1-2,5-6H2. The molecule has 3 rings (SSSR count). The predicted molar refractivity (Wildman–Crippen MR) is 61.4 cm³/mol. The van der Waals surface area contributed by atoms with Gasteiger partial charge >= 0.3 is 5.69 Å². The summed E-state index contributed by atoms with van der Waals surface area (Å²) >= 11 is 0. The summed E-state index contributed by atoms with van der Waals surface area (Å²) in [6, 6.07) is 2.89. The van der Waals surface area contributed by atoms with Crippen LogP contribution in [0.15, 0.2) is 12.1 Å². The van der Waals surface area contributed by atoms with Gasteiger partial charge in [-0.15, -0.1) is 0 Å². The van der Waals surface area contributed by atoms with E-state index in [1.54, 1.807) is 0 Å². The van der Waals surface area contributed by atoms with Crippen LogP contribution in [0.5, 0.6) is 17.2 Å². The molecule has 1 N–H and O–H groups in total. The number of nitrogens with one attached hydrogen (secondary N) is 1. The maximum Gasteiger partial charge on any atom is 0.314 e. The summed E-state index contributed by atoms with van der Waals surface area (Å²) in [4.78, 5) is 10.5. The van der Waals surface area contributed by atoms with Gasteiger partial charge in [0, 0.05) is 19.2 Å². The van der Waals surface area contributed by atoms with Crippen LogP contribution in [-0.2, 0) is 0 Å². The molecule has 7 heteroatoms. The zero-order valence-electron chi connectivity index (χ0n) is 9.55. The second kappa shape index (κ2) is 4.34. The monoisotopic (exact) mass is 252 g/mol. The third-order valence-corrected chi connectivity index (χ3v) is 2.86. The van der Waals surface area contributed by atoms with Crippen molar-refractivity contribution in [3.63, 3.8) is 0 Å². The molecule has 1 saturated heterocycles. The minimum absolute atomic E-state index is 0.0220. The summed E-state index contributed by atoms with van der Waals surface area (Å²) < 4.78 is 16.3. The van der Waals surface area contributed by atoms with Crippen LogP contribution in [0, 0.1) is 10.1 Å². The van der Waals surface area contributed by atoms with Crippen molar-refractivity contribution in [1.82, 2.24) is 5.32 Å². The van der Waals surface area contributed by atoms with E-state index in [1.165, 1.54) is 12.1 Å². The molecule has 0 aromatic heterocycles. The van der Waals surface area contributed by atoms with E-state index in [-0.39, 0.29) is 17.5 Å². The molecule has 2 aliphatic rings. The summed E-state index contributed by atoms with van der Waals surface area (Å²) in [6.45, 7) is 2.24. The Labute approximate surface area is 103 Å². The molecule has 0 aliphatic carbocycles. The van der Waals surface area contributed by atoms with Crippen LogP contribution in [0.25, 0.3) is 0 Å². The molecule has 1 fully saturated rings. The minimum atomic E-state index is -0.473. The lowest BCUT2D eigenvalue weighted by Crippen LogP contribution is -2.50. The Morgan fingerprint density at radius 1 is 1.28 bits per heavy atom. The Hall–Kier alpha value is -2.02. The van der Waals surface area contributed by atoms with Gasteiger partial charge in [-0.3, -0.25) is 10.1 Å². The van der Waals surface area contributed by atoms with Crippen molar-refractivity contribution in [1.29, 1.82) is 0 Å². The average molecular weight is 252 g/mol. The fraction of sp³-hybridized carbons (Fsp3) is 0.455. The molecule has 2 heterocycles. The van der Waals surface area contributed by atoms with Crippen molar-refractivity contribution < 1.29 is 19.1 Å². The molecule has 1 aromatic carbocycles. The Kier molecular flexibility index (Phi) is 2.67. The fourth-order valence-electron chi connectivity index (χ4n) is 1.82. The Morgan fingerprint density at radius 2 is 1.94 bits per heavy atom. The third kappa shape index (κ3) is 1.92. The topological polar surface area (TPSA) is 82.9 Å². The number of benzene rings is 1. The number of hydrogen-bond acceptors (Lipinski definition) is 6. The highest BCUT2D eigenvalue weighted by molar-refractivity contribution is 5.58. The van der Waals surface area contributed by atoms with E-state index >= 15 is 0 Å². The van der Waals surface area contributed by atoms with E-state index in [9.17, 15) is 10.1 Å². The molecule has 1 aromatic rings. The van der Waals surface area contributed by atoms with E-state index in [4.69, 9.17) is 14.2 Å². The van der Waals surface area contributed by atoms with Crippen LogP contribution in [0.3, 0.4) is 0 Å². The van der Waals surface area contributed by atoms with Crippen LogP contribution < -0.4 is 19.5 Å². The average Bonchev–Trinajstić information content (AvgIpc) is 2.32. The molecule has 18 heavy (non-hydrogen) atoms. The Morgan fingerprint density at radius 3 is 2.50 bits per heavy atom. The molecular weight excluding hydrogens is 240 g/mol. The molecule has 0 saturated carbocycles. The molecule has 0 bridgehead atoms. The summed E-state index contributed by atoms with van der Waals surface area (Å²) in [5.41, 5.74) is -0.0915. The van der Waals surface area contributed by atoms with Gasteiger partial charge < -0.3 is 19.5 Å². The summed E-state index contributed by atoms with van der Waals surface area (Å²) in [6.07, 6.45) is -0.0220. The maximum atomic E-state index is 11.0. The molecular formula is C11H12N2O5. The van der Waals surface area contributed by atoms with Crippen LogP contribution in [0.1, 0.15) is 0 Å². The second-order valence-corrected chi connectivity index (χ2v) is 4.12. The van der Waals surface area contributed by atoms with Gasteiger partial charge in [-0.05, 0) is 0 Å². The Bertz CT molecular complexity index is 487. The van der Waals surface area contributed by atoms with Gasteiger partial charge in [-0.2, -0.15) is 0 Å². The van der Waals surface area contributed by atoms with Gasteiger partial charge in [-0.25, -0.2) is 0 Å². The first-order valence-corrected chi connectivity index (χ1v) is 5.69. The van der Waals surface area contributed by atoms with E-state index in [2.05, 4.69) is 5.32 Å². The lowest BCUT2D eigenvalue weighted by molar-refractivity contribution is -0.386. The van der Waals surface area contributed by atoms with Crippen molar-refractivity contribution in [3.05, 3.63) is 22.2 Å². The number of nitrogens with zero attached hydrogens (tertiary/aromatic N) is 1. The van der Waals surface area contributed by atoms with Gasteiger partial charge in [0.1, 0.15) is 19.3 Å². The molecule has 7 nitrogen and oxygen atoms in total. The van der Waals surface area contributed by atoms with Gasteiger partial charge in [0.25, 0.3) is 0 Å². The summed E-state index contributed by atoms with van der Waals surface area (Å²) in [5.74, 6) is 1.12. The molecule has 0 amide bonds. The first-order chi connectivity index (χ1) is 8.74. The third-order valence-electron chi connectivity index (χ3n) is 2.86. The molecule has 0 unspecified atom stereocenters. The van der Waals surface area contributed by atoms with Crippen molar-refractivity contribution in [2.75, 3.05) is 26.3 Å². The first kappa shape index (κ1) is 11.1. The second-order valence-electron chi connectivity index (χ2n) is 4.12. The largest absolute Gasteiger partial charge is 0.486 e. The highest BCUT2D eigenvalue weighted by Crippen LogP contribution is 2.41. The van der Waals surface area contributed by atoms with Crippen molar-refractivity contribution in [2.45, 2.75) is 6.10 Å². The number of rotatable bonds is 3. The maximum absolute atomic E-state index is 11.0. The summed E-state index contributed by atoms with van der Waals surface area (Å²) in [7, 11) is 0. The number of nitro benzene ring substituents is 1. The van der Waals surface area contributed by atoms with E-state index in [0.717, 1.165) is 0 Å². The van der Waals surface area contributed by atoms with Crippen LogP contribution in [-0.4, -0.2) is 37.3 Å². The molecule has 0 spiro atoms. The number of hydrogen-bond donors (Lipinski definition) is 1. The Balaban J connectivity index is 1.95. The fourth-order valence-corrected chi connectivity index (χ4v) is 1.82. The highest BCUT2D eigenvalue weighted by atomic mass is 16.6. The molecule has 96 valence electrons.